The van der Waals surface area contributed by atoms with Gasteiger partial charge in [-0.3, -0.25) is 4.90 Å². The molecule has 0 spiro atoms. The summed E-state index contributed by atoms with van der Waals surface area (Å²) in [6.45, 7) is 5.31. The van der Waals surface area contributed by atoms with Crippen molar-refractivity contribution in [2.45, 2.75) is 13.1 Å². The number of hydrogen-bond donors (Lipinski definition) is 1. The van der Waals surface area contributed by atoms with Crippen LogP contribution in [-0.2, 0) is 17.8 Å². The number of benzene rings is 1. The third-order valence-corrected chi connectivity index (χ3v) is 3.79. The smallest absolute Gasteiger partial charge is 0.226 e. The maximum atomic E-state index is 5.39. The highest BCUT2D eigenvalue weighted by Crippen LogP contribution is 2.12. The largest absolute Gasteiger partial charge is 0.481 e. The molecule has 0 saturated carbocycles. The minimum atomic E-state index is 0.559. The van der Waals surface area contributed by atoms with Crippen molar-refractivity contribution in [2.24, 2.45) is 0 Å². The molecule has 0 radical (unpaired) electrons. The van der Waals surface area contributed by atoms with Crippen molar-refractivity contribution < 1.29 is 9.47 Å². The van der Waals surface area contributed by atoms with Gasteiger partial charge in [0.1, 0.15) is 0 Å². The van der Waals surface area contributed by atoms with E-state index in [2.05, 4.69) is 44.5 Å². The van der Waals surface area contributed by atoms with Crippen LogP contribution in [0.15, 0.2) is 36.5 Å². The van der Waals surface area contributed by atoms with Gasteiger partial charge < -0.3 is 14.8 Å². The highest BCUT2D eigenvalue weighted by atomic mass is 16.5. The maximum absolute atomic E-state index is 5.39. The van der Waals surface area contributed by atoms with E-state index in [1.807, 2.05) is 0 Å². The number of rotatable bonds is 6. The van der Waals surface area contributed by atoms with Crippen LogP contribution in [0, 0.1) is 0 Å². The van der Waals surface area contributed by atoms with Crippen molar-refractivity contribution in [3.05, 3.63) is 47.7 Å². The Bertz CT molecular complexity index is 629. The van der Waals surface area contributed by atoms with Crippen molar-refractivity contribution >= 4 is 5.95 Å². The topological polar surface area (TPSA) is 59.5 Å². The van der Waals surface area contributed by atoms with Gasteiger partial charge in [-0.25, -0.2) is 4.98 Å². The molecular weight excluding hydrogens is 292 g/mol. The zero-order chi connectivity index (χ0) is 15.9. The molecule has 0 unspecified atom stereocenters. The van der Waals surface area contributed by atoms with Gasteiger partial charge in [-0.05, 0) is 11.1 Å². The zero-order valence-electron chi connectivity index (χ0n) is 13.4. The Morgan fingerprint density at radius 2 is 2.04 bits per heavy atom. The van der Waals surface area contributed by atoms with Crippen LogP contribution in [0.3, 0.4) is 0 Å². The second-order valence-electron chi connectivity index (χ2n) is 5.48. The molecular formula is C17H22N4O2. The van der Waals surface area contributed by atoms with Crippen LogP contribution in [-0.4, -0.2) is 48.3 Å². The predicted molar refractivity (Wildman–Crippen MR) is 88.4 cm³/mol. The van der Waals surface area contributed by atoms with E-state index >= 15 is 0 Å². The van der Waals surface area contributed by atoms with Gasteiger partial charge in [0.2, 0.25) is 11.8 Å². The molecule has 2 heterocycles. The van der Waals surface area contributed by atoms with Gasteiger partial charge in [0, 0.05) is 38.4 Å². The molecule has 0 amide bonds. The van der Waals surface area contributed by atoms with E-state index in [0.717, 1.165) is 32.8 Å². The predicted octanol–water partition coefficient (Wildman–Crippen LogP) is 1.93. The fraction of sp³-hybridized carbons (Fsp3) is 0.412. The number of nitrogens with zero attached hydrogens (tertiary/aromatic N) is 3. The lowest BCUT2D eigenvalue weighted by Gasteiger charge is -2.26. The van der Waals surface area contributed by atoms with Gasteiger partial charge in [-0.2, -0.15) is 4.98 Å². The lowest BCUT2D eigenvalue weighted by Crippen LogP contribution is -2.35. The minimum Gasteiger partial charge on any atom is -0.481 e. The van der Waals surface area contributed by atoms with Crippen LogP contribution >= 0.6 is 0 Å². The van der Waals surface area contributed by atoms with Crippen LogP contribution < -0.4 is 10.1 Å². The first kappa shape index (κ1) is 15.7. The van der Waals surface area contributed by atoms with Gasteiger partial charge in [0.15, 0.2) is 0 Å². The summed E-state index contributed by atoms with van der Waals surface area (Å²) in [4.78, 5) is 10.9. The average Bonchev–Trinajstić information content (AvgIpc) is 2.61. The van der Waals surface area contributed by atoms with E-state index in [9.17, 15) is 0 Å². The molecule has 1 saturated heterocycles. The van der Waals surface area contributed by atoms with Gasteiger partial charge in [-0.15, -0.1) is 0 Å². The molecule has 1 aromatic carbocycles. The summed E-state index contributed by atoms with van der Waals surface area (Å²) in [6.07, 6.45) is 1.68. The Balaban J connectivity index is 1.58. The summed E-state index contributed by atoms with van der Waals surface area (Å²) < 4.78 is 10.5. The number of ether oxygens (including phenoxy) is 2. The summed E-state index contributed by atoms with van der Waals surface area (Å²) in [6, 6.07) is 10.3. The Kier molecular flexibility index (Phi) is 5.39. The lowest BCUT2D eigenvalue weighted by molar-refractivity contribution is 0.0342. The molecule has 0 aliphatic carbocycles. The molecule has 1 aliphatic rings. The second kappa shape index (κ2) is 7.89. The summed E-state index contributed by atoms with van der Waals surface area (Å²) >= 11 is 0. The number of anilines is 1. The number of hydrogen-bond acceptors (Lipinski definition) is 6. The Morgan fingerprint density at radius 3 is 2.87 bits per heavy atom. The van der Waals surface area contributed by atoms with Crippen molar-refractivity contribution in [1.29, 1.82) is 0 Å². The fourth-order valence-corrected chi connectivity index (χ4v) is 2.58. The van der Waals surface area contributed by atoms with Gasteiger partial charge >= 0.3 is 0 Å². The minimum absolute atomic E-state index is 0.559. The lowest BCUT2D eigenvalue weighted by atomic mass is 10.1. The van der Waals surface area contributed by atoms with Crippen molar-refractivity contribution in [3.63, 3.8) is 0 Å². The molecule has 3 rings (SSSR count). The molecule has 6 heteroatoms. The van der Waals surface area contributed by atoms with Crippen LogP contribution in [0.5, 0.6) is 5.88 Å². The summed E-state index contributed by atoms with van der Waals surface area (Å²) in [5, 5.41) is 3.23. The van der Waals surface area contributed by atoms with E-state index < -0.39 is 0 Å². The van der Waals surface area contributed by atoms with Crippen LogP contribution in [0.4, 0.5) is 5.95 Å². The molecule has 1 aliphatic heterocycles. The van der Waals surface area contributed by atoms with Crippen LogP contribution in [0.2, 0.25) is 0 Å². The molecule has 122 valence electrons. The third-order valence-electron chi connectivity index (χ3n) is 3.79. The maximum Gasteiger partial charge on any atom is 0.226 e. The third kappa shape index (κ3) is 4.64. The van der Waals surface area contributed by atoms with Crippen LogP contribution in [0.25, 0.3) is 0 Å². The van der Waals surface area contributed by atoms with Gasteiger partial charge in [0.25, 0.3) is 0 Å². The summed E-state index contributed by atoms with van der Waals surface area (Å²) in [5.41, 5.74) is 2.53. The first-order valence-corrected chi connectivity index (χ1v) is 7.82. The van der Waals surface area contributed by atoms with E-state index in [1.54, 1.807) is 19.4 Å². The van der Waals surface area contributed by atoms with Gasteiger partial charge in [0.05, 0.1) is 20.3 Å². The quantitative estimate of drug-likeness (QED) is 0.879. The van der Waals surface area contributed by atoms with Crippen molar-refractivity contribution in [1.82, 2.24) is 14.9 Å². The van der Waals surface area contributed by atoms with Crippen molar-refractivity contribution in [2.75, 3.05) is 38.7 Å². The molecule has 1 aromatic heterocycles. The first-order valence-electron chi connectivity index (χ1n) is 7.82. The summed E-state index contributed by atoms with van der Waals surface area (Å²) in [7, 11) is 1.60. The zero-order valence-corrected chi connectivity index (χ0v) is 13.4. The standard InChI is InChI=1S/C17H22N4O2/c1-22-16-5-6-18-17(20-16)19-12-14-3-2-4-15(11-14)13-21-7-9-23-10-8-21/h2-6,11H,7-10,12-13H2,1H3,(H,18,19,20). The highest BCUT2D eigenvalue weighted by molar-refractivity contribution is 5.31. The number of aromatic nitrogens is 2. The number of nitrogens with one attached hydrogen (secondary N) is 1. The second-order valence-corrected chi connectivity index (χ2v) is 5.48. The van der Waals surface area contributed by atoms with E-state index in [0.29, 0.717) is 18.4 Å². The molecule has 2 aromatic rings. The molecule has 6 nitrogen and oxygen atoms in total. The number of morpholine rings is 1. The Hall–Kier alpha value is -2.18. The highest BCUT2D eigenvalue weighted by Gasteiger charge is 2.10. The van der Waals surface area contributed by atoms with E-state index in [4.69, 9.17) is 9.47 Å². The molecule has 0 atom stereocenters. The average molecular weight is 314 g/mol. The normalized spacial score (nSPS) is 15.3. The molecule has 23 heavy (non-hydrogen) atoms. The fourth-order valence-electron chi connectivity index (χ4n) is 2.58. The van der Waals surface area contributed by atoms with Crippen molar-refractivity contribution in [3.8, 4) is 5.88 Å². The Morgan fingerprint density at radius 1 is 1.22 bits per heavy atom. The Labute approximate surface area is 136 Å². The van der Waals surface area contributed by atoms with E-state index in [-0.39, 0.29) is 0 Å². The van der Waals surface area contributed by atoms with E-state index in [1.165, 1.54) is 11.1 Å². The summed E-state index contributed by atoms with van der Waals surface area (Å²) in [5.74, 6) is 1.13. The number of methoxy groups -OCH3 is 1. The van der Waals surface area contributed by atoms with Gasteiger partial charge in [-0.1, -0.05) is 24.3 Å². The van der Waals surface area contributed by atoms with Crippen LogP contribution in [0.1, 0.15) is 11.1 Å². The molecule has 1 fully saturated rings. The SMILES string of the molecule is COc1ccnc(NCc2cccc(CN3CCOCC3)c2)n1. The first-order chi connectivity index (χ1) is 11.3. The molecule has 0 bridgehead atoms. The monoisotopic (exact) mass is 314 g/mol. The molecule has 1 N–H and O–H groups in total.